The molecule has 6 nitrogen and oxygen atoms in total. The van der Waals surface area contributed by atoms with Gasteiger partial charge in [0, 0.05) is 4.88 Å². The van der Waals surface area contributed by atoms with Crippen molar-refractivity contribution in [3.05, 3.63) is 69.0 Å². The Bertz CT molecular complexity index is 1150. The van der Waals surface area contributed by atoms with E-state index < -0.39 is 11.8 Å². The van der Waals surface area contributed by atoms with E-state index in [9.17, 15) is 14.4 Å². The predicted molar refractivity (Wildman–Crippen MR) is 134 cm³/mol. The van der Waals surface area contributed by atoms with Gasteiger partial charge in [0.1, 0.15) is 15.9 Å². The number of thiophene rings is 1. The number of anilines is 1. The summed E-state index contributed by atoms with van der Waals surface area (Å²) in [7, 11) is 0. The monoisotopic (exact) mass is 483 g/mol. The van der Waals surface area contributed by atoms with Gasteiger partial charge in [-0.25, -0.2) is 0 Å². The van der Waals surface area contributed by atoms with Crippen molar-refractivity contribution < 1.29 is 14.4 Å². The van der Waals surface area contributed by atoms with Crippen LogP contribution in [-0.2, 0) is 22.4 Å². The van der Waals surface area contributed by atoms with Crippen LogP contribution >= 0.6 is 35.3 Å². The Hall–Kier alpha value is -2.75. The van der Waals surface area contributed by atoms with E-state index >= 15 is 0 Å². The van der Waals surface area contributed by atoms with Crippen molar-refractivity contribution in [2.45, 2.75) is 25.7 Å². The molecular formula is C23H21N3O3S3. The van der Waals surface area contributed by atoms with Gasteiger partial charge in [0.05, 0.1) is 10.5 Å². The minimum absolute atomic E-state index is 0.217. The maximum atomic E-state index is 12.7. The van der Waals surface area contributed by atoms with Gasteiger partial charge in [-0.3, -0.25) is 19.3 Å². The van der Waals surface area contributed by atoms with Gasteiger partial charge in [0.2, 0.25) is 5.91 Å². The molecule has 2 aromatic rings. The highest BCUT2D eigenvalue weighted by Gasteiger charge is 2.33. The van der Waals surface area contributed by atoms with E-state index in [0.717, 1.165) is 53.4 Å². The van der Waals surface area contributed by atoms with Gasteiger partial charge >= 0.3 is 0 Å². The Morgan fingerprint density at radius 2 is 1.94 bits per heavy atom. The van der Waals surface area contributed by atoms with Crippen LogP contribution in [0.3, 0.4) is 0 Å². The second-order valence-electron chi connectivity index (χ2n) is 7.39. The molecule has 0 bridgehead atoms. The van der Waals surface area contributed by atoms with Crippen LogP contribution in [0.5, 0.6) is 0 Å². The summed E-state index contributed by atoms with van der Waals surface area (Å²) in [5, 5.41) is 3.24. The molecule has 2 heterocycles. The maximum Gasteiger partial charge on any atom is 0.266 e. The molecular weight excluding hydrogens is 462 g/mol. The highest BCUT2D eigenvalue weighted by atomic mass is 32.2. The van der Waals surface area contributed by atoms with Crippen LogP contribution in [0.2, 0.25) is 0 Å². The van der Waals surface area contributed by atoms with Crippen molar-refractivity contribution in [2.75, 3.05) is 11.9 Å². The number of aryl methyl sites for hydroxylation is 1. The van der Waals surface area contributed by atoms with Gasteiger partial charge in [-0.15, -0.1) is 11.3 Å². The van der Waals surface area contributed by atoms with E-state index in [1.54, 1.807) is 12.2 Å². The second kappa shape index (κ2) is 9.81. The first-order chi connectivity index (χ1) is 15.4. The molecule has 164 valence electrons. The fourth-order valence-corrected chi connectivity index (χ4v) is 6.20. The molecule has 3 N–H and O–H groups in total. The summed E-state index contributed by atoms with van der Waals surface area (Å²) in [4.78, 5) is 40.3. The third kappa shape index (κ3) is 4.85. The Kier molecular flexibility index (Phi) is 6.88. The summed E-state index contributed by atoms with van der Waals surface area (Å²) in [5.41, 5.74) is 7.95. The number of thiocarbonyl (C=S) groups is 1. The number of nitrogens with one attached hydrogen (secondary N) is 1. The topological polar surface area (TPSA) is 92.5 Å². The van der Waals surface area contributed by atoms with Crippen molar-refractivity contribution in [3.8, 4) is 0 Å². The smallest absolute Gasteiger partial charge is 0.266 e. The molecule has 9 heteroatoms. The molecule has 1 aliphatic carbocycles. The predicted octanol–water partition coefficient (Wildman–Crippen LogP) is 4.12. The molecule has 1 fully saturated rings. The van der Waals surface area contributed by atoms with Gasteiger partial charge < -0.3 is 11.1 Å². The lowest BCUT2D eigenvalue weighted by atomic mass is 9.95. The van der Waals surface area contributed by atoms with Crippen LogP contribution in [0.25, 0.3) is 6.08 Å². The van der Waals surface area contributed by atoms with Crippen molar-refractivity contribution >= 4 is 68.4 Å². The summed E-state index contributed by atoms with van der Waals surface area (Å²) in [6.07, 6.45) is 9.10. The minimum Gasteiger partial charge on any atom is -0.365 e. The number of carbonyl (C=O) groups excluding carboxylic acids is 3. The molecule has 0 radical (unpaired) electrons. The van der Waals surface area contributed by atoms with Crippen LogP contribution in [-0.4, -0.2) is 33.5 Å². The lowest BCUT2D eigenvalue weighted by Crippen LogP contribution is -2.36. The van der Waals surface area contributed by atoms with E-state index in [4.69, 9.17) is 18.0 Å². The largest absolute Gasteiger partial charge is 0.365 e. The molecule has 3 amide bonds. The number of allylic oxidation sites excluding steroid dienone is 2. The zero-order valence-corrected chi connectivity index (χ0v) is 19.6. The van der Waals surface area contributed by atoms with E-state index in [0.29, 0.717) is 19.8 Å². The normalized spacial score (nSPS) is 17.2. The molecule has 0 atom stereocenters. The van der Waals surface area contributed by atoms with Crippen molar-refractivity contribution in [2.24, 2.45) is 5.73 Å². The van der Waals surface area contributed by atoms with E-state index in [2.05, 4.69) is 5.32 Å². The average Bonchev–Trinajstić information content (AvgIpc) is 3.26. The highest BCUT2D eigenvalue weighted by Crippen LogP contribution is 2.38. The first-order valence-electron chi connectivity index (χ1n) is 10.2. The third-order valence-electron chi connectivity index (χ3n) is 5.18. The van der Waals surface area contributed by atoms with Gasteiger partial charge in [0.15, 0.2) is 0 Å². The SMILES string of the molecule is NC(=O)c1c(NC(=O)CN2C(=O)C(=CC=Cc3ccccc3)SC2=S)sc2c1CCCC2. The van der Waals surface area contributed by atoms with Crippen LogP contribution in [0.15, 0.2) is 47.4 Å². The van der Waals surface area contributed by atoms with Gasteiger partial charge in [-0.2, -0.15) is 0 Å². The van der Waals surface area contributed by atoms with Gasteiger partial charge in [-0.1, -0.05) is 66.5 Å². The van der Waals surface area contributed by atoms with Crippen LogP contribution in [0.4, 0.5) is 5.00 Å². The summed E-state index contributed by atoms with van der Waals surface area (Å²) in [6, 6.07) is 9.73. The summed E-state index contributed by atoms with van der Waals surface area (Å²) >= 11 is 7.87. The van der Waals surface area contributed by atoms with Gasteiger partial charge in [-0.05, 0) is 42.9 Å². The quantitative estimate of drug-likeness (QED) is 0.476. The second-order valence-corrected chi connectivity index (χ2v) is 10.2. The van der Waals surface area contributed by atoms with E-state index in [1.807, 2.05) is 36.4 Å². The number of benzene rings is 1. The molecule has 1 saturated heterocycles. The number of carbonyl (C=O) groups is 3. The Morgan fingerprint density at radius 3 is 2.69 bits per heavy atom. The van der Waals surface area contributed by atoms with Gasteiger partial charge in [0.25, 0.3) is 11.8 Å². The number of hydrogen-bond donors (Lipinski definition) is 2. The number of hydrogen-bond acceptors (Lipinski definition) is 6. The van der Waals surface area contributed by atoms with Crippen molar-refractivity contribution in [1.29, 1.82) is 0 Å². The zero-order chi connectivity index (χ0) is 22.7. The Labute approximate surface area is 199 Å². The Morgan fingerprint density at radius 1 is 1.19 bits per heavy atom. The number of primary amides is 1. The molecule has 4 rings (SSSR count). The highest BCUT2D eigenvalue weighted by molar-refractivity contribution is 8.26. The number of nitrogens with zero attached hydrogens (tertiary/aromatic N) is 1. The number of rotatable bonds is 6. The molecule has 2 aliphatic rings. The van der Waals surface area contributed by atoms with Crippen molar-refractivity contribution in [1.82, 2.24) is 4.90 Å². The molecule has 0 spiro atoms. The van der Waals surface area contributed by atoms with Crippen LogP contribution in [0, 0.1) is 0 Å². The molecule has 1 aromatic heterocycles. The Balaban J connectivity index is 1.44. The standard InChI is InChI=1S/C23H21N3O3S3/c24-20(28)19-15-10-4-5-11-16(15)31-21(19)25-18(27)13-26-22(29)17(32-23(26)30)12-6-9-14-7-2-1-3-8-14/h1-3,6-9,12H,4-5,10-11,13H2,(H2,24,28)(H,25,27). The molecule has 0 saturated carbocycles. The number of fused-ring (bicyclic) bond motifs is 1. The number of nitrogens with two attached hydrogens (primary N) is 1. The lowest BCUT2D eigenvalue weighted by Gasteiger charge is -2.14. The first-order valence-corrected chi connectivity index (χ1v) is 12.2. The molecule has 32 heavy (non-hydrogen) atoms. The van der Waals surface area contributed by atoms with Crippen LogP contribution in [0.1, 0.15) is 39.2 Å². The average molecular weight is 484 g/mol. The third-order valence-corrected chi connectivity index (χ3v) is 7.79. The number of thioether (sulfide) groups is 1. The van der Waals surface area contributed by atoms with E-state index in [-0.39, 0.29) is 12.5 Å². The molecule has 1 aromatic carbocycles. The summed E-state index contributed by atoms with van der Waals surface area (Å²) < 4.78 is 0.324. The zero-order valence-electron chi connectivity index (χ0n) is 17.1. The minimum atomic E-state index is -0.543. The van der Waals surface area contributed by atoms with Crippen molar-refractivity contribution in [3.63, 3.8) is 0 Å². The number of amides is 3. The van der Waals surface area contributed by atoms with E-state index in [1.165, 1.54) is 16.2 Å². The lowest BCUT2D eigenvalue weighted by molar-refractivity contribution is -0.126. The summed E-state index contributed by atoms with van der Waals surface area (Å²) in [6.45, 7) is -0.217. The van der Waals surface area contributed by atoms with Crippen LogP contribution < -0.4 is 11.1 Å². The molecule has 1 aliphatic heterocycles. The molecule has 0 unspecified atom stereocenters. The fourth-order valence-electron chi connectivity index (χ4n) is 3.69. The fraction of sp³-hybridized carbons (Fsp3) is 0.217. The summed E-state index contributed by atoms with van der Waals surface area (Å²) in [5.74, 6) is -1.27. The maximum absolute atomic E-state index is 12.7. The first kappa shape index (κ1) is 22.4.